The normalized spacial score (nSPS) is 29.4. The van der Waals surface area contributed by atoms with E-state index in [1.807, 2.05) is 18.2 Å². The molecule has 4 rings (SSSR count). The van der Waals surface area contributed by atoms with E-state index in [2.05, 4.69) is 29.5 Å². The van der Waals surface area contributed by atoms with Gasteiger partial charge in [-0.25, -0.2) is 13.1 Å². The van der Waals surface area contributed by atoms with Gasteiger partial charge in [0.25, 0.3) is 0 Å². The summed E-state index contributed by atoms with van der Waals surface area (Å²) in [5.74, 6) is 0.366. The van der Waals surface area contributed by atoms with Gasteiger partial charge in [-0.05, 0) is 35.3 Å². The fourth-order valence-corrected chi connectivity index (χ4v) is 7.36. The molecule has 1 aromatic carbocycles. The number of ketones is 1. The molecule has 1 heterocycles. The van der Waals surface area contributed by atoms with Crippen LogP contribution < -0.4 is 4.72 Å². The van der Waals surface area contributed by atoms with E-state index in [-0.39, 0.29) is 23.5 Å². The van der Waals surface area contributed by atoms with E-state index in [1.54, 1.807) is 0 Å². The molecule has 0 aromatic heterocycles. The number of hydrogen-bond donors (Lipinski definition) is 1. The van der Waals surface area contributed by atoms with E-state index in [1.165, 1.54) is 0 Å². The second-order valence-corrected chi connectivity index (χ2v) is 11.2. The first kappa shape index (κ1) is 21.0. The molecule has 0 amide bonds. The third-order valence-electron chi connectivity index (χ3n) is 7.67. The zero-order valence-electron chi connectivity index (χ0n) is 17.4. The van der Waals surface area contributed by atoms with E-state index in [0.29, 0.717) is 18.8 Å². The van der Waals surface area contributed by atoms with Crippen LogP contribution in [-0.2, 0) is 32.6 Å². The van der Waals surface area contributed by atoms with Crippen LogP contribution in [-0.4, -0.2) is 51.2 Å². The van der Waals surface area contributed by atoms with Crippen molar-refractivity contribution in [3.8, 4) is 0 Å². The second kappa shape index (κ2) is 7.76. The van der Waals surface area contributed by atoms with Crippen LogP contribution in [0.15, 0.2) is 24.3 Å². The molecule has 1 N–H and O–H groups in total. The fourth-order valence-electron chi connectivity index (χ4n) is 5.56. The number of morpholine rings is 1. The summed E-state index contributed by atoms with van der Waals surface area (Å²) in [7, 11) is -3.57. The molecule has 160 valence electrons. The highest BCUT2D eigenvalue weighted by Gasteiger charge is 2.65. The third-order valence-corrected chi connectivity index (χ3v) is 9.13. The van der Waals surface area contributed by atoms with Gasteiger partial charge in [0.05, 0.1) is 19.0 Å². The minimum Gasteiger partial charge on any atom is -0.379 e. The summed E-state index contributed by atoms with van der Waals surface area (Å²) in [6.45, 7) is 8.45. The van der Waals surface area contributed by atoms with Gasteiger partial charge in [-0.2, -0.15) is 0 Å². The summed E-state index contributed by atoms with van der Waals surface area (Å²) in [6, 6.07) is 7.97. The first-order valence-electron chi connectivity index (χ1n) is 10.6. The second-order valence-electron chi connectivity index (χ2n) is 9.40. The van der Waals surface area contributed by atoms with Gasteiger partial charge < -0.3 is 4.74 Å². The maximum atomic E-state index is 13.0. The number of nitrogens with zero attached hydrogens (tertiary/aromatic N) is 1. The number of carbonyl (C=O) groups excluding carboxylic acids is 1. The average molecular weight is 421 g/mol. The van der Waals surface area contributed by atoms with Crippen molar-refractivity contribution in [3.05, 3.63) is 35.4 Å². The number of sulfonamides is 1. The molecule has 3 fully saturated rings. The Balaban J connectivity index is 1.44. The zero-order chi connectivity index (χ0) is 20.7. The molecule has 7 heteroatoms. The molecule has 2 atom stereocenters. The van der Waals surface area contributed by atoms with Crippen molar-refractivity contribution in [2.45, 2.75) is 46.2 Å². The SMILES string of the molecule is CC1(C)C2CCC1(CS(=O)(=O)NCc1ccccc1CN1CCOCC1)C(=O)C2. The Morgan fingerprint density at radius 3 is 2.48 bits per heavy atom. The Morgan fingerprint density at radius 2 is 1.86 bits per heavy atom. The van der Waals surface area contributed by atoms with E-state index >= 15 is 0 Å². The van der Waals surface area contributed by atoms with Crippen molar-refractivity contribution in [3.63, 3.8) is 0 Å². The van der Waals surface area contributed by atoms with Gasteiger partial charge in [0.15, 0.2) is 0 Å². The van der Waals surface area contributed by atoms with Gasteiger partial charge >= 0.3 is 0 Å². The number of rotatable bonds is 7. The molecular formula is C22H32N2O4S. The average Bonchev–Trinajstić information content (AvgIpc) is 3.02. The highest BCUT2D eigenvalue weighted by atomic mass is 32.2. The Labute approximate surface area is 174 Å². The molecular weight excluding hydrogens is 388 g/mol. The lowest BCUT2D eigenvalue weighted by Gasteiger charge is -2.36. The summed E-state index contributed by atoms with van der Waals surface area (Å²) < 4.78 is 34.2. The number of Topliss-reactive ketones (excluding diaryl/α,β-unsaturated/α-hetero) is 1. The molecule has 29 heavy (non-hydrogen) atoms. The van der Waals surface area contributed by atoms with E-state index in [0.717, 1.165) is 50.4 Å². The van der Waals surface area contributed by atoms with Crippen molar-refractivity contribution in [2.24, 2.45) is 16.7 Å². The first-order chi connectivity index (χ1) is 13.7. The maximum Gasteiger partial charge on any atom is 0.212 e. The summed E-state index contributed by atoms with van der Waals surface area (Å²) in [5, 5.41) is 0. The van der Waals surface area contributed by atoms with Crippen LogP contribution in [0.5, 0.6) is 0 Å². The predicted molar refractivity (Wildman–Crippen MR) is 112 cm³/mol. The Hall–Kier alpha value is -1.28. The van der Waals surface area contributed by atoms with Crippen molar-refractivity contribution in [2.75, 3.05) is 32.1 Å². The van der Waals surface area contributed by atoms with E-state index in [9.17, 15) is 13.2 Å². The number of hydrogen-bond acceptors (Lipinski definition) is 5. The molecule has 3 aliphatic rings. The van der Waals surface area contributed by atoms with Crippen LogP contribution in [0.25, 0.3) is 0 Å². The summed E-state index contributed by atoms with van der Waals surface area (Å²) in [4.78, 5) is 15.0. The van der Waals surface area contributed by atoms with Crippen LogP contribution in [0.4, 0.5) is 0 Å². The minimum atomic E-state index is -3.57. The van der Waals surface area contributed by atoms with Crippen molar-refractivity contribution in [1.29, 1.82) is 0 Å². The number of benzene rings is 1. The smallest absolute Gasteiger partial charge is 0.212 e. The van der Waals surface area contributed by atoms with Gasteiger partial charge in [-0.3, -0.25) is 9.69 Å². The lowest BCUT2D eigenvalue weighted by molar-refractivity contribution is -0.128. The van der Waals surface area contributed by atoms with Crippen molar-refractivity contribution < 1.29 is 17.9 Å². The van der Waals surface area contributed by atoms with Crippen LogP contribution in [0, 0.1) is 16.7 Å². The third kappa shape index (κ3) is 3.90. The standard InChI is InChI=1S/C22H32N2O4S/c1-21(2)19-7-8-22(21,20(25)13-19)16-29(26,27)23-14-17-5-3-4-6-18(17)15-24-9-11-28-12-10-24/h3-6,19,23H,7-16H2,1-2H3. The van der Waals surface area contributed by atoms with E-state index < -0.39 is 15.4 Å². The molecule has 1 saturated heterocycles. The highest BCUT2D eigenvalue weighted by Crippen LogP contribution is 2.64. The Bertz CT molecular complexity index is 877. The number of nitrogens with one attached hydrogen (secondary N) is 1. The number of fused-ring (bicyclic) bond motifs is 2. The molecule has 1 aliphatic heterocycles. The van der Waals surface area contributed by atoms with Crippen molar-refractivity contribution in [1.82, 2.24) is 9.62 Å². The Kier molecular flexibility index (Phi) is 5.61. The summed E-state index contributed by atoms with van der Waals surface area (Å²) >= 11 is 0. The predicted octanol–water partition coefficient (Wildman–Crippen LogP) is 2.33. The minimum absolute atomic E-state index is 0.0893. The number of carbonyl (C=O) groups is 1. The zero-order valence-corrected chi connectivity index (χ0v) is 18.3. The van der Waals surface area contributed by atoms with Crippen molar-refractivity contribution >= 4 is 15.8 Å². The van der Waals surface area contributed by atoms with Gasteiger partial charge in [-0.15, -0.1) is 0 Å². The lowest BCUT2D eigenvalue weighted by Crippen LogP contribution is -2.45. The molecule has 2 bridgehead atoms. The van der Waals surface area contributed by atoms with Gasteiger partial charge in [0, 0.05) is 38.0 Å². The summed E-state index contributed by atoms with van der Waals surface area (Å²) in [5.41, 5.74) is 1.15. The quantitative estimate of drug-likeness (QED) is 0.733. The fraction of sp³-hybridized carbons (Fsp3) is 0.682. The molecule has 2 saturated carbocycles. The number of ether oxygens (including phenoxy) is 1. The molecule has 6 nitrogen and oxygen atoms in total. The molecule has 2 unspecified atom stereocenters. The molecule has 0 radical (unpaired) electrons. The molecule has 2 aliphatic carbocycles. The largest absolute Gasteiger partial charge is 0.379 e. The van der Waals surface area contributed by atoms with Crippen LogP contribution in [0.1, 0.15) is 44.2 Å². The lowest BCUT2D eigenvalue weighted by atomic mass is 9.70. The van der Waals surface area contributed by atoms with Crippen LogP contribution in [0.2, 0.25) is 0 Å². The summed E-state index contributed by atoms with van der Waals surface area (Å²) in [6.07, 6.45) is 2.18. The van der Waals surface area contributed by atoms with Gasteiger partial charge in [0.1, 0.15) is 5.78 Å². The Morgan fingerprint density at radius 1 is 1.17 bits per heavy atom. The molecule has 0 spiro atoms. The van der Waals surface area contributed by atoms with Crippen LogP contribution >= 0.6 is 0 Å². The topological polar surface area (TPSA) is 75.7 Å². The first-order valence-corrected chi connectivity index (χ1v) is 12.3. The van der Waals surface area contributed by atoms with Gasteiger partial charge in [-0.1, -0.05) is 38.1 Å². The van der Waals surface area contributed by atoms with E-state index in [4.69, 9.17) is 4.74 Å². The molecule has 1 aromatic rings. The highest BCUT2D eigenvalue weighted by molar-refractivity contribution is 7.89. The monoisotopic (exact) mass is 420 g/mol. The van der Waals surface area contributed by atoms with Crippen LogP contribution in [0.3, 0.4) is 0 Å². The van der Waals surface area contributed by atoms with Gasteiger partial charge in [0.2, 0.25) is 10.0 Å². The maximum absolute atomic E-state index is 13.0.